The Morgan fingerprint density at radius 3 is 2.70 bits per heavy atom. The van der Waals surface area contributed by atoms with Crippen molar-refractivity contribution in [3.63, 3.8) is 0 Å². The lowest BCUT2D eigenvalue weighted by molar-refractivity contribution is 0.0295. The average Bonchev–Trinajstić information content (AvgIpc) is 2.52. The first-order chi connectivity index (χ1) is 9.81. The van der Waals surface area contributed by atoms with Gasteiger partial charge in [-0.15, -0.1) is 0 Å². The number of benzene rings is 1. The molecule has 1 unspecified atom stereocenters. The van der Waals surface area contributed by atoms with Crippen LogP contribution in [0.1, 0.15) is 50.6 Å². The summed E-state index contributed by atoms with van der Waals surface area (Å²) in [5.74, 6) is 0.945. The minimum absolute atomic E-state index is 0.279. The molecule has 20 heavy (non-hydrogen) atoms. The van der Waals surface area contributed by atoms with Crippen LogP contribution >= 0.6 is 0 Å². The number of methoxy groups -OCH3 is 1. The van der Waals surface area contributed by atoms with Gasteiger partial charge in [-0.1, -0.05) is 37.5 Å². The monoisotopic (exact) mass is 277 g/mol. The molecule has 1 aromatic rings. The molecule has 3 nitrogen and oxygen atoms in total. The number of hydrogen-bond acceptors (Lipinski definition) is 3. The first kappa shape index (κ1) is 15.3. The molecule has 2 rings (SSSR count). The number of para-hydroxylation sites is 1. The van der Waals surface area contributed by atoms with Crippen molar-refractivity contribution >= 4 is 0 Å². The summed E-state index contributed by atoms with van der Waals surface area (Å²) in [5, 5.41) is 3.51. The zero-order valence-electron chi connectivity index (χ0n) is 12.7. The molecule has 1 aromatic carbocycles. The van der Waals surface area contributed by atoms with Crippen LogP contribution in [0.15, 0.2) is 24.3 Å². The fourth-order valence-electron chi connectivity index (χ4n) is 2.87. The van der Waals surface area contributed by atoms with E-state index >= 15 is 0 Å². The molecule has 0 aliphatic heterocycles. The Labute approximate surface area is 122 Å². The van der Waals surface area contributed by atoms with Gasteiger partial charge < -0.3 is 14.8 Å². The minimum atomic E-state index is 0.279. The normalized spacial score (nSPS) is 17.9. The highest BCUT2D eigenvalue weighted by Gasteiger charge is 2.14. The second kappa shape index (κ2) is 8.28. The first-order valence-electron chi connectivity index (χ1n) is 7.79. The van der Waals surface area contributed by atoms with Crippen LogP contribution in [0.3, 0.4) is 0 Å². The van der Waals surface area contributed by atoms with E-state index in [1.165, 1.54) is 37.7 Å². The maximum Gasteiger partial charge on any atom is 0.123 e. The smallest absolute Gasteiger partial charge is 0.123 e. The highest BCUT2D eigenvalue weighted by atomic mass is 16.5. The Hall–Kier alpha value is -1.06. The van der Waals surface area contributed by atoms with Gasteiger partial charge >= 0.3 is 0 Å². The van der Waals surface area contributed by atoms with E-state index < -0.39 is 0 Å². The molecule has 0 spiro atoms. The Bertz CT molecular complexity index is 388. The van der Waals surface area contributed by atoms with Gasteiger partial charge in [-0.2, -0.15) is 0 Å². The third kappa shape index (κ3) is 4.50. The molecule has 1 atom stereocenters. The Balaban J connectivity index is 1.70. The second-order valence-corrected chi connectivity index (χ2v) is 5.55. The van der Waals surface area contributed by atoms with Crippen molar-refractivity contribution in [2.75, 3.05) is 20.3 Å². The average molecular weight is 277 g/mol. The molecule has 0 saturated heterocycles. The predicted molar refractivity (Wildman–Crippen MR) is 82.2 cm³/mol. The molecule has 1 N–H and O–H groups in total. The van der Waals surface area contributed by atoms with Gasteiger partial charge in [-0.05, 0) is 25.8 Å². The Morgan fingerprint density at radius 1 is 1.20 bits per heavy atom. The lowest BCUT2D eigenvalue weighted by atomic mass is 9.98. The van der Waals surface area contributed by atoms with Crippen LogP contribution in [0.5, 0.6) is 5.75 Å². The van der Waals surface area contributed by atoms with E-state index in [1.807, 2.05) is 12.1 Å². The third-order valence-electron chi connectivity index (χ3n) is 4.06. The number of hydrogen-bond donors (Lipinski definition) is 1. The van der Waals surface area contributed by atoms with Gasteiger partial charge in [0, 0.05) is 18.2 Å². The number of nitrogens with one attached hydrogen (secondary N) is 1. The van der Waals surface area contributed by atoms with Crippen LogP contribution < -0.4 is 10.1 Å². The molecule has 0 amide bonds. The van der Waals surface area contributed by atoms with E-state index in [1.54, 1.807) is 7.11 Å². The molecule has 1 aliphatic rings. The van der Waals surface area contributed by atoms with Crippen LogP contribution in [0.2, 0.25) is 0 Å². The second-order valence-electron chi connectivity index (χ2n) is 5.55. The number of ether oxygens (including phenoxy) is 2. The summed E-state index contributed by atoms with van der Waals surface area (Å²) in [7, 11) is 1.72. The maximum atomic E-state index is 5.93. The molecule has 112 valence electrons. The van der Waals surface area contributed by atoms with E-state index in [9.17, 15) is 0 Å². The van der Waals surface area contributed by atoms with Crippen molar-refractivity contribution in [3.8, 4) is 5.75 Å². The van der Waals surface area contributed by atoms with Crippen LogP contribution in [0, 0.1) is 0 Å². The van der Waals surface area contributed by atoms with Crippen molar-refractivity contribution in [1.82, 2.24) is 5.32 Å². The van der Waals surface area contributed by atoms with Gasteiger partial charge in [0.05, 0.1) is 19.8 Å². The van der Waals surface area contributed by atoms with Crippen LogP contribution in [-0.4, -0.2) is 26.4 Å². The van der Waals surface area contributed by atoms with Crippen LogP contribution in [0.25, 0.3) is 0 Å². The summed E-state index contributed by atoms with van der Waals surface area (Å²) < 4.78 is 11.3. The van der Waals surface area contributed by atoms with Gasteiger partial charge in [0.2, 0.25) is 0 Å². The topological polar surface area (TPSA) is 30.5 Å². The van der Waals surface area contributed by atoms with E-state index in [4.69, 9.17) is 9.47 Å². The van der Waals surface area contributed by atoms with Gasteiger partial charge in [0.1, 0.15) is 5.75 Å². The summed E-state index contributed by atoms with van der Waals surface area (Å²) in [6.07, 6.45) is 7.01. The standard InChI is InChI=1S/C17H27NO2/c1-14(16-10-6-7-11-17(16)19-2)18-12-13-20-15-8-4-3-5-9-15/h6-7,10-11,14-15,18H,3-5,8-9,12-13H2,1-2H3. The van der Waals surface area contributed by atoms with E-state index in [0.717, 1.165) is 18.9 Å². The van der Waals surface area contributed by atoms with Crippen LogP contribution in [0.4, 0.5) is 0 Å². The summed E-state index contributed by atoms with van der Waals surface area (Å²) in [5.41, 5.74) is 1.20. The predicted octanol–water partition coefficient (Wildman–Crippen LogP) is 3.70. The lowest BCUT2D eigenvalue weighted by Crippen LogP contribution is -2.26. The third-order valence-corrected chi connectivity index (χ3v) is 4.06. The Kier molecular flexibility index (Phi) is 6.34. The van der Waals surface area contributed by atoms with Gasteiger partial charge in [-0.25, -0.2) is 0 Å². The zero-order valence-corrected chi connectivity index (χ0v) is 12.7. The fraction of sp³-hybridized carbons (Fsp3) is 0.647. The lowest BCUT2D eigenvalue weighted by Gasteiger charge is -2.23. The summed E-state index contributed by atoms with van der Waals surface area (Å²) >= 11 is 0. The maximum absolute atomic E-state index is 5.93. The van der Waals surface area contributed by atoms with E-state index in [0.29, 0.717) is 6.10 Å². The molecule has 0 bridgehead atoms. The molecule has 0 heterocycles. The summed E-state index contributed by atoms with van der Waals surface area (Å²) in [4.78, 5) is 0. The zero-order chi connectivity index (χ0) is 14.2. The van der Waals surface area contributed by atoms with Gasteiger partial charge in [0.25, 0.3) is 0 Å². The largest absolute Gasteiger partial charge is 0.496 e. The van der Waals surface area contributed by atoms with Crippen molar-refractivity contribution in [3.05, 3.63) is 29.8 Å². The first-order valence-corrected chi connectivity index (χ1v) is 7.79. The molecular weight excluding hydrogens is 250 g/mol. The molecule has 1 aliphatic carbocycles. The van der Waals surface area contributed by atoms with Crippen molar-refractivity contribution < 1.29 is 9.47 Å². The summed E-state index contributed by atoms with van der Waals surface area (Å²) in [6, 6.07) is 8.45. The Morgan fingerprint density at radius 2 is 1.95 bits per heavy atom. The molecule has 0 radical (unpaired) electrons. The van der Waals surface area contributed by atoms with E-state index in [-0.39, 0.29) is 6.04 Å². The molecule has 1 fully saturated rings. The quantitative estimate of drug-likeness (QED) is 0.771. The number of rotatable bonds is 7. The van der Waals surface area contributed by atoms with Crippen molar-refractivity contribution in [2.24, 2.45) is 0 Å². The van der Waals surface area contributed by atoms with Crippen LogP contribution in [-0.2, 0) is 4.74 Å². The molecule has 0 aromatic heterocycles. The molecule has 1 saturated carbocycles. The van der Waals surface area contributed by atoms with Gasteiger partial charge in [0.15, 0.2) is 0 Å². The van der Waals surface area contributed by atoms with E-state index in [2.05, 4.69) is 24.4 Å². The highest BCUT2D eigenvalue weighted by Crippen LogP contribution is 2.24. The highest BCUT2D eigenvalue weighted by molar-refractivity contribution is 5.35. The fourth-order valence-corrected chi connectivity index (χ4v) is 2.87. The van der Waals surface area contributed by atoms with Gasteiger partial charge in [-0.3, -0.25) is 0 Å². The summed E-state index contributed by atoms with van der Waals surface area (Å²) in [6.45, 7) is 3.85. The van der Waals surface area contributed by atoms with Crippen molar-refractivity contribution in [1.29, 1.82) is 0 Å². The minimum Gasteiger partial charge on any atom is -0.496 e. The molecule has 3 heteroatoms. The SMILES string of the molecule is COc1ccccc1C(C)NCCOC1CCCCC1. The molecular formula is C17H27NO2. The van der Waals surface area contributed by atoms with Crippen molar-refractivity contribution in [2.45, 2.75) is 51.2 Å².